The van der Waals surface area contributed by atoms with E-state index in [4.69, 9.17) is 4.98 Å². The highest BCUT2D eigenvalue weighted by atomic mass is 16.1. The van der Waals surface area contributed by atoms with Gasteiger partial charge in [-0.2, -0.15) is 5.10 Å². The van der Waals surface area contributed by atoms with Crippen LogP contribution in [0.1, 0.15) is 60.8 Å². The lowest BCUT2D eigenvalue weighted by molar-refractivity contribution is 0.235. The third-order valence-electron chi connectivity index (χ3n) is 5.47. The zero-order valence-corrected chi connectivity index (χ0v) is 14.3. The van der Waals surface area contributed by atoms with Crippen LogP contribution in [0.4, 0.5) is 0 Å². The van der Waals surface area contributed by atoms with Crippen LogP contribution in [0.15, 0.2) is 17.1 Å². The Kier molecular flexibility index (Phi) is 4.22. The van der Waals surface area contributed by atoms with Crippen LogP contribution in [-0.4, -0.2) is 31.2 Å². The van der Waals surface area contributed by atoms with E-state index in [0.29, 0.717) is 12.5 Å². The predicted molar refractivity (Wildman–Crippen MR) is 91.7 cm³/mol. The van der Waals surface area contributed by atoms with Crippen molar-refractivity contribution in [3.05, 3.63) is 45.4 Å². The number of aromatic amines is 1. The van der Waals surface area contributed by atoms with Gasteiger partial charge in [0.25, 0.3) is 5.56 Å². The van der Waals surface area contributed by atoms with Crippen molar-refractivity contribution in [1.82, 2.24) is 24.6 Å². The fourth-order valence-electron chi connectivity index (χ4n) is 3.99. The normalized spacial score (nSPS) is 19.4. The summed E-state index contributed by atoms with van der Waals surface area (Å²) in [6.07, 6.45) is 8.82. The highest BCUT2D eigenvalue weighted by Crippen LogP contribution is 2.30. The molecule has 24 heavy (non-hydrogen) atoms. The van der Waals surface area contributed by atoms with Gasteiger partial charge in [0.05, 0.1) is 17.0 Å². The minimum absolute atomic E-state index is 0.0651. The molecule has 2 aromatic heterocycles. The van der Waals surface area contributed by atoms with E-state index in [0.717, 1.165) is 49.4 Å². The van der Waals surface area contributed by atoms with Crippen LogP contribution in [0.25, 0.3) is 0 Å². The molecule has 1 aliphatic heterocycles. The topological polar surface area (TPSA) is 66.8 Å². The number of H-pyrrole nitrogens is 1. The maximum absolute atomic E-state index is 12.6. The van der Waals surface area contributed by atoms with Crippen LogP contribution in [0.5, 0.6) is 0 Å². The highest BCUT2D eigenvalue weighted by molar-refractivity contribution is 5.22. The van der Waals surface area contributed by atoms with Crippen molar-refractivity contribution in [3.8, 4) is 0 Å². The second-order valence-corrected chi connectivity index (χ2v) is 7.12. The van der Waals surface area contributed by atoms with Crippen LogP contribution in [0, 0.1) is 0 Å². The van der Waals surface area contributed by atoms with Crippen LogP contribution in [-0.2, 0) is 26.6 Å². The van der Waals surface area contributed by atoms with Gasteiger partial charge in [-0.25, -0.2) is 4.98 Å². The third-order valence-corrected chi connectivity index (χ3v) is 5.47. The van der Waals surface area contributed by atoms with Crippen LogP contribution in [0.2, 0.25) is 0 Å². The zero-order chi connectivity index (χ0) is 16.5. The predicted octanol–water partition coefficient (Wildman–Crippen LogP) is 2.11. The lowest BCUT2D eigenvalue weighted by Gasteiger charge is -2.28. The zero-order valence-electron chi connectivity index (χ0n) is 14.3. The molecular weight excluding hydrogens is 302 g/mol. The van der Waals surface area contributed by atoms with E-state index < -0.39 is 0 Å². The van der Waals surface area contributed by atoms with E-state index in [-0.39, 0.29) is 5.56 Å². The molecule has 6 nitrogen and oxygen atoms in total. The second kappa shape index (κ2) is 6.51. The van der Waals surface area contributed by atoms with E-state index in [9.17, 15) is 4.79 Å². The van der Waals surface area contributed by atoms with Crippen molar-refractivity contribution in [2.45, 2.75) is 57.5 Å². The molecule has 1 fully saturated rings. The molecule has 0 radical (unpaired) electrons. The summed E-state index contributed by atoms with van der Waals surface area (Å²) in [5.41, 5.74) is 3.10. The molecular formula is C18H25N5O. The van der Waals surface area contributed by atoms with E-state index in [1.165, 1.54) is 25.0 Å². The van der Waals surface area contributed by atoms with E-state index in [2.05, 4.69) is 15.0 Å². The van der Waals surface area contributed by atoms with Gasteiger partial charge < -0.3 is 4.98 Å². The number of hydrogen-bond donors (Lipinski definition) is 1. The Bertz CT molecular complexity index is 772. The lowest BCUT2D eigenvalue weighted by Crippen LogP contribution is -2.36. The molecule has 0 amide bonds. The Hall–Kier alpha value is -1.95. The third kappa shape index (κ3) is 3.02. The molecule has 3 heterocycles. The lowest BCUT2D eigenvalue weighted by atomic mass is 9.88. The molecule has 1 aliphatic carbocycles. The summed E-state index contributed by atoms with van der Waals surface area (Å²) in [6, 6.07) is 2.03. The van der Waals surface area contributed by atoms with Gasteiger partial charge in [0.2, 0.25) is 0 Å². The number of nitrogens with zero attached hydrogens (tertiary/aromatic N) is 4. The molecule has 0 saturated heterocycles. The SMILES string of the molecule is Cn1nccc1CN1CCc2nc(C3CCCCC3)[nH]c(=O)c2C1. The molecule has 128 valence electrons. The van der Waals surface area contributed by atoms with Gasteiger partial charge in [-0.15, -0.1) is 0 Å². The summed E-state index contributed by atoms with van der Waals surface area (Å²) in [4.78, 5) is 22.8. The monoisotopic (exact) mass is 327 g/mol. The van der Waals surface area contributed by atoms with Gasteiger partial charge in [-0.1, -0.05) is 19.3 Å². The Morgan fingerprint density at radius 1 is 1.29 bits per heavy atom. The molecule has 0 bridgehead atoms. The average Bonchev–Trinajstić information content (AvgIpc) is 3.01. The maximum Gasteiger partial charge on any atom is 0.255 e. The molecule has 0 spiro atoms. The molecule has 6 heteroatoms. The fraction of sp³-hybridized carbons (Fsp3) is 0.611. The minimum atomic E-state index is 0.0651. The highest BCUT2D eigenvalue weighted by Gasteiger charge is 2.24. The van der Waals surface area contributed by atoms with Gasteiger partial charge in [0, 0.05) is 45.2 Å². The molecule has 0 aromatic carbocycles. The summed E-state index contributed by atoms with van der Waals surface area (Å²) in [5.74, 6) is 1.38. The van der Waals surface area contributed by atoms with E-state index in [1.807, 2.05) is 24.0 Å². The van der Waals surface area contributed by atoms with Crippen molar-refractivity contribution in [2.75, 3.05) is 6.54 Å². The summed E-state index contributed by atoms with van der Waals surface area (Å²) in [7, 11) is 1.96. The minimum Gasteiger partial charge on any atom is -0.310 e. The summed E-state index contributed by atoms with van der Waals surface area (Å²) in [6.45, 7) is 2.44. The number of aromatic nitrogens is 4. The first-order valence-electron chi connectivity index (χ1n) is 9.02. The van der Waals surface area contributed by atoms with Crippen LogP contribution < -0.4 is 5.56 Å². The largest absolute Gasteiger partial charge is 0.310 e. The average molecular weight is 327 g/mol. The molecule has 0 unspecified atom stereocenters. The Balaban J connectivity index is 1.53. The first-order valence-corrected chi connectivity index (χ1v) is 9.02. The smallest absolute Gasteiger partial charge is 0.255 e. The number of fused-ring (bicyclic) bond motifs is 1. The standard InChI is InChI=1S/C18H25N5O/c1-22-14(7-9-19-22)11-23-10-8-16-15(12-23)18(24)21-17(20-16)13-5-3-2-4-6-13/h7,9,13H,2-6,8,10-12H2,1H3,(H,20,21,24). The van der Waals surface area contributed by atoms with E-state index >= 15 is 0 Å². The van der Waals surface area contributed by atoms with Gasteiger partial charge in [-0.05, 0) is 18.9 Å². The van der Waals surface area contributed by atoms with Gasteiger partial charge >= 0.3 is 0 Å². The fourth-order valence-corrected chi connectivity index (χ4v) is 3.99. The number of hydrogen-bond acceptors (Lipinski definition) is 4. The Labute approximate surface area is 141 Å². The van der Waals surface area contributed by atoms with Gasteiger partial charge in [-0.3, -0.25) is 14.4 Å². The number of rotatable bonds is 3. The van der Waals surface area contributed by atoms with Crippen molar-refractivity contribution >= 4 is 0 Å². The van der Waals surface area contributed by atoms with Crippen molar-refractivity contribution in [3.63, 3.8) is 0 Å². The summed E-state index contributed by atoms with van der Waals surface area (Å²) < 4.78 is 1.89. The van der Waals surface area contributed by atoms with Crippen molar-refractivity contribution in [2.24, 2.45) is 7.05 Å². The first-order chi connectivity index (χ1) is 11.7. The maximum atomic E-state index is 12.6. The quantitative estimate of drug-likeness (QED) is 0.937. The van der Waals surface area contributed by atoms with E-state index in [1.54, 1.807) is 0 Å². The Morgan fingerprint density at radius 3 is 2.88 bits per heavy atom. The molecule has 4 rings (SSSR count). The van der Waals surface area contributed by atoms with Crippen molar-refractivity contribution < 1.29 is 0 Å². The molecule has 1 saturated carbocycles. The molecule has 0 atom stereocenters. The van der Waals surface area contributed by atoms with Crippen LogP contribution >= 0.6 is 0 Å². The molecule has 2 aliphatic rings. The first kappa shape index (κ1) is 15.6. The summed E-state index contributed by atoms with van der Waals surface area (Å²) in [5, 5.41) is 4.22. The summed E-state index contributed by atoms with van der Waals surface area (Å²) >= 11 is 0. The Morgan fingerprint density at radius 2 is 2.12 bits per heavy atom. The molecule has 1 N–H and O–H groups in total. The van der Waals surface area contributed by atoms with Crippen LogP contribution in [0.3, 0.4) is 0 Å². The van der Waals surface area contributed by atoms with Crippen molar-refractivity contribution in [1.29, 1.82) is 0 Å². The molecule has 2 aromatic rings. The van der Waals surface area contributed by atoms with Gasteiger partial charge in [0.15, 0.2) is 0 Å². The van der Waals surface area contributed by atoms with Gasteiger partial charge in [0.1, 0.15) is 5.82 Å². The number of aryl methyl sites for hydroxylation is 1. The number of nitrogens with one attached hydrogen (secondary N) is 1. The second-order valence-electron chi connectivity index (χ2n) is 7.12.